The second kappa shape index (κ2) is 6.63. The fraction of sp³-hybridized carbons (Fsp3) is 0.385. The van der Waals surface area contributed by atoms with Crippen molar-refractivity contribution in [2.24, 2.45) is 0 Å². The number of carbonyl (C=O) groups is 1. The number of hydrogen-bond donors (Lipinski definition) is 1. The van der Waals surface area contributed by atoms with Crippen LogP contribution in [0, 0.1) is 0 Å². The highest BCUT2D eigenvalue weighted by molar-refractivity contribution is 5.90. The number of amides is 1. The van der Waals surface area contributed by atoms with E-state index in [4.69, 9.17) is 0 Å². The third kappa shape index (κ3) is 4.17. The van der Waals surface area contributed by atoms with Gasteiger partial charge in [0.1, 0.15) is 12.9 Å². The lowest BCUT2D eigenvalue weighted by molar-refractivity contribution is -0.116. The lowest BCUT2D eigenvalue weighted by Crippen LogP contribution is -2.19. The molecule has 0 atom stereocenters. The van der Waals surface area contributed by atoms with Gasteiger partial charge in [0.2, 0.25) is 5.91 Å². The van der Waals surface area contributed by atoms with Crippen molar-refractivity contribution in [1.82, 2.24) is 20.2 Å². The second-order valence-electron chi connectivity index (χ2n) is 4.36. The van der Waals surface area contributed by atoms with E-state index in [9.17, 15) is 4.79 Å². The first-order valence-electron chi connectivity index (χ1n) is 6.37. The highest BCUT2D eigenvalue weighted by Crippen LogP contribution is 2.11. The van der Waals surface area contributed by atoms with Gasteiger partial charge in [0, 0.05) is 5.69 Å². The summed E-state index contributed by atoms with van der Waals surface area (Å²) in [7, 11) is 0. The van der Waals surface area contributed by atoms with E-state index in [-0.39, 0.29) is 12.5 Å². The number of hydrogen-bond acceptors (Lipinski definition) is 4. The molecule has 0 aliphatic rings. The van der Waals surface area contributed by atoms with Crippen molar-refractivity contribution in [2.45, 2.75) is 32.7 Å². The Balaban J connectivity index is 1.86. The molecule has 2 rings (SSSR count). The van der Waals surface area contributed by atoms with Gasteiger partial charge in [0.25, 0.3) is 0 Å². The Morgan fingerprint density at radius 1 is 1.32 bits per heavy atom. The van der Waals surface area contributed by atoms with Crippen LogP contribution in [0.1, 0.15) is 25.3 Å². The van der Waals surface area contributed by atoms with Crippen LogP contribution in [-0.2, 0) is 17.8 Å². The fourth-order valence-corrected chi connectivity index (χ4v) is 1.74. The quantitative estimate of drug-likeness (QED) is 0.856. The maximum absolute atomic E-state index is 11.7. The van der Waals surface area contributed by atoms with Crippen molar-refractivity contribution in [1.29, 1.82) is 0 Å². The van der Waals surface area contributed by atoms with E-state index in [0.29, 0.717) is 0 Å². The van der Waals surface area contributed by atoms with E-state index in [1.165, 1.54) is 29.4 Å². The van der Waals surface area contributed by atoms with Crippen LogP contribution < -0.4 is 5.32 Å². The zero-order valence-corrected chi connectivity index (χ0v) is 10.9. The molecule has 1 heterocycles. The maximum Gasteiger partial charge on any atom is 0.246 e. The Morgan fingerprint density at radius 3 is 2.74 bits per heavy atom. The standard InChI is InChI=1S/C13H17N5O/c1-2-3-4-11-5-7-12(8-6-11)15-13(19)9-18-10-14-16-17-18/h5-8,10H,2-4,9H2,1H3,(H,15,19). The van der Waals surface area contributed by atoms with Crippen molar-refractivity contribution in [3.05, 3.63) is 36.2 Å². The van der Waals surface area contributed by atoms with E-state index >= 15 is 0 Å². The molecule has 0 radical (unpaired) electrons. The molecule has 2 aromatic rings. The SMILES string of the molecule is CCCCc1ccc(NC(=O)Cn2cnnn2)cc1. The largest absolute Gasteiger partial charge is 0.324 e. The average Bonchev–Trinajstić information content (AvgIpc) is 2.90. The minimum absolute atomic E-state index is 0.116. The molecule has 100 valence electrons. The molecule has 1 N–H and O–H groups in total. The first-order chi connectivity index (χ1) is 9.28. The molecule has 0 saturated carbocycles. The molecule has 0 aliphatic carbocycles. The summed E-state index contributed by atoms with van der Waals surface area (Å²) in [5, 5.41) is 13.4. The molecule has 1 amide bonds. The molecule has 6 heteroatoms. The Bertz CT molecular complexity index is 506. The third-order valence-electron chi connectivity index (χ3n) is 2.75. The van der Waals surface area contributed by atoms with Crippen LogP contribution in [0.3, 0.4) is 0 Å². The van der Waals surface area contributed by atoms with Crippen LogP contribution in [0.5, 0.6) is 0 Å². The lowest BCUT2D eigenvalue weighted by Gasteiger charge is -2.06. The number of nitrogens with zero attached hydrogens (tertiary/aromatic N) is 4. The second-order valence-corrected chi connectivity index (χ2v) is 4.36. The Morgan fingerprint density at radius 2 is 2.11 bits per heavy atom. The molecule has 0 unspecified atom stereocenters. The van der Waals surface area contributed by atoms with Gasteiger partial charge in [0.15, 0.2) is 0 Å². The van der Waals surface area contributed by atoms with Gasteiger partial charge in [-0.1, -0.05) is 25.5 Å². The van der Waals surface area contributed by atoms with E-state index in [0.717, 1.165) is 12.1 Å². The normalized spacial score (nSPS) is 10.4. The number of benzene rings is 1. The Hall–Kier alpha value is -2.24. The third-order valence-corrected chi connectivity index (χ3v) is 2.75. The summed E-state index contributed by atoms with van der Waals surface area (Å²) in [5.74, 6) is -0.145. The first-order valence-corrected chi connectivity index (χ1v) is 6.37. The van der Waals surface area contributed by atoms with Crippen LogP contribution in [0.15, 0.2) is 30.6 Å². The van der Waals surface area contributed by atoms with Gasteiger partial charge in [0.05, 0.1) is 0 Å². The molecular formula is C13H17N5O. The molecule has 0 fully saturated rings. The van der Waals surface area contributed by atoms with Crippen LogP contribution in [0.2, 0.25) is 0 Å². The topological polar surface area (TPSA) is 72.7 Å². The predicted octanol–water partition coefficient (Wildman–Crippen LogP) is 1.65. The van der Waals surface area contributed by atoms with E-state index in [1.54, 1.807) is 0 Å². The number of anilines is 1. The number of nitrogens with one attached hydrogen (secondary N) is 1. The molecule has 0 bridgehead atoms. The van der Waals surface area contributed by atoms with Gasteiger partial charge in [-0.3, -0.25) is 4.79 Å². The van der Waals surface area contributed by atoms with Crippen molar-refractivity contribution < 1.29 is 4.79 Å². The van der Waals surface area contributed by atoms with Gasteiger partial charge in [-0.05, 0) is 41.0 Å². The number of carbonyl (C=O) groups excluding carboxylic acids is 1. The maximum atomic E-state index is 11.7. The van der Waals surface area contributed by atoms with Crippen molar-refractivity contribution in [3.8, 4) is 0 Å². The van der Waals surface area contributed by atoms with E-state index in [2.05, 4.69) is 27.8 Å². The summed E-state index contributed by atoms with van der Waals surface area (Å²) < 4.78 is 1.38. The summed E-state index contributed by atoms with van der Waals surface area (Å²) >= 11 is 0. The highest BCUT2D eigenvalue weighted by Gasteiger charge is 2.04. The molecule has 1 aromatic heterocycles. The van der Waals surface area contributed by atoms with Crippen molar-refractivity contribution in [2.75, 3.05) is 5.32 Å². The van der Waals surface area contributed by atoms with Crippen LogP contribution in [0.25, 0.3) is 0 Å². The molecule has 6 nitrogen and oxygen atoms in total. The number of aromatic nitrogens is 4. The number of aryl methyl sites for hydroxylation is 1. The van der Waals surface area contributed by atoms with Crippen LogP contribution in [-0.4, -0.2) is 26.1 Å². The number of rotatable bonds is 6. The Labute approximate surface area is 111 Å². The first kappa shape index (κ1) is 13.2. The summed E-state index contributed by atoms with van der Waals surface area (Å²) in [6.07, 6.45) is 4.86. The fourth-order valence-electron chi connectivity index (χ4n) is 1.74. The predicted molar refractivity (Wildman–Crippen MR) is 71.5 cm³/mol. The van der Waals surface area contributed by atoms with Gasteiger partial charge in [-0.25, -0.2) is 4.68 Å². The monoisotopic (exact) mass is 259 g/mol. The molecule has 0 aliphatic heterocycles. The van der Waals surface area contributed by atoms with Gasteiger partial charge in [-0.2, -0.15) is 0 Å². The zero-order chi connectivity index (χ0) is 13.5. The molecule has 19 heavy (non-hydrogen) atoms. The molecule has 0 saturated heterocycles. The molecule has 1 aromatic carbocycles. The number of unbranched alkanes of at least 4 members (excludes halogenated alkanes) is 1. The molecular weight excluding hydrogens is 242 g/mol. The molecule has 0 spiro atoms. The van der Waals surface area contributed by atoms with E-state index < -0.39 is 0 Å². The van der Waals surface area contributed by atoms with E-state index in [1.807, 2.05) is 24.3 Å². The summed E-state index contributed by atoms with van der Waals surface area (Å²) in [5.41, 5.74) is 2.08. The smallest absolute Gasteiger partial charge is 0.246 e. The van der Waals surface area contributed by atoms with Gasteiger partial charge < -0.3 is 5.32 Å². The lowest BCUT2D eigenvalue weighted by atomic mass is 10.1. The minimum Gasteiger partial charge on any atom is -0.324 e. The Kier molecular flexibility index (Phi) is 4.60. The van der Waals surface area contributed by atoms with Crippen LogP contribution >= 0.6 is 0 Å². The summed E-state index contributed by atoms with van der Waals surface area (Å²) in [6, 6.07) is 7.93. The highest BCUT2D eigenvalue weighted by atomic mass is 16.2. The average molecular weight is 259 g/mol. The van der Waals surface area contributed by atoms with Gasteiger partial charge in [-0.15, -0.1) is 5.10 Å². The van der Waals surface area contributed by atoms with Crippen LogP contribution in [0.4, 0.5) is 5.69 Å². The van der Waals surface area contributed by atoms with Crippen molar-refractivity contribution in [3.63, 3.8) is 0 Å². The minimum atomic E-state index is -0.145. The van der Waals surface area contributed by atoms with Crippen molar-refractivity contribution >= 4 is 11.6 Å². The number of tetrazole rings is 1. The summed E-state index contributed by atoms with van der Waals surface area (Å²) in [4.78, 5) is 11.7. The zero-order valence-electron chi connectivity index (χ0n) is 10.9. The summed E-state index contributed by atoms with van der Waals surface area (Å²) in [6.45, 7) is 2.29. The van der Waals surface area contributed by atoms with Gasteiger partial charge >= 0.3 is 0 Å².